The summed E-state index contributed by atoms with van der Waals surface area (Å²) in [6.45, 7) is 6.65. The maximum Gasteiger partial charge on any atom is 0.217 e. The lowest BCUT2D eigenvalue weighted by Crippen LogP contribution is -2.70. The van der Waals surface area contributed by atoms with E-state index >= 15 is 0 Å². The molecule has 24 atom stereocenters. The summed E-state index contributed by atoms with van der Waals surface area (Å²) in [5.74, 6) is -0.719. The Labute approximate surface area is 345 Å². The lowest BCUT2D eigenvalue weighted by atomic mass is 9.93. The van der Waals surface area contributed by atoms with Gasteiger partial charge in [0.1, 0.15) is 97.6 Å². The van der Waals surface area contributed by atoms with Crippen LogP contribution in [0.1, 0.15) is 48.0 Å². The van der Waals surface area contributed by atoms with Crippen molar-refractivity contribution in [3.63, 3.8) is 0 Å². The Kier molecular flexibility index (Phi) is 17.0. The van der Waals surface area contributed by atoms with Crippen LogP contribution in [-0.2, 0) is 52.2 Å². The van der Waals surface area contributed by atoms with Crippen molar-refractivity contribution in [2.24, 2.45) is 0 Å². The van der Waals surface area contributed by atoms with Crippen LogP contribution >= 0.6 is 0 Å². The number of hydrogen-bond donors (Lipinski definition) is 13. The van der Waals surface area contributed by atoms with Crippen LogP contribution in [0.5, 0.6) is 0 Å². The number of aliphatic hydroxyl groups excluding tert-OH is 12. The number of aliphatic hydroxyl groups is 12. The minimum atomic E-state index is -1.98. The van der Waals surface area contributed by atoms with Gasteiger partial charge in [0.15, 0.2) is 31.5 Å². The monoisotopic (exact) mass is 877 g/mol. The number of amides is 1. The van der Waals surface area contributed by atoms with E-state index in [4.69, 9.17) is 47.4 Å². The second-order valence-electron chi connectivity index (χ2n) is 16.7. The third-order valence-electron chi connectivity index (χ3n) is 11.0. The number of nitrogens with one attached hydrogen (secondary N) is 1. The molecule has 5 saturated heterocycles. The zero-order valence-corrected chi connectivity index (χ0v) is 34.0. The van der Waals surface area contributed by atoms with Crippen molar-refractivity contribution in [3.8, 4) is 0 Å². The van der Waals surface area contributed by atoms with E-state index < -0.39 is 179 Å². The van der Waals surface area contributed by atoms with Gasteiger partial charge in [0.05, 0.1) is 43.7 Å². The molecule has 13 N–H and O–H groups in total. The quantitative estimate of drug-likeness (QED) is 0.0818. The average Bonchev–Trinajstić information content (AvgIpc) is 3.18. The van der Waals surface area contributed by atoms with Crippen molar-refractivity contribution in [2.45, 2.75) is 201 Å². The third-order valence-corrected chi connectivity index (χ3v) is 11.0. The molecule has 0 aromatic carbocycles. The molecule has 5 fully saturated rings. The highest BCUT2D eigenvalue weighted by Crippen LogP contribution is 2.37. The molecule has 5 aliphatic heterocycles. The van der Waals surface area contributed by atoms with E-state index in [1.165, 1.54) is 13.8 Å². The zero-order chi connectivity index (χ0) is 44.5. The summed E-state index contributed by atoms with van der Waals surface area (Å²) in [5.41, 5.74) is -0.749. The van der Waals surface area contributed by atoms with Crippen molar-refractivity contribution in [1.82, 2.24) is 5.32 Å². The summed E-state index contributed by atoms with van der Waals surface area (Å²) in [7, 11) is 0. The van der Waals surface area contributed by atoms with Gasteiger partial charge in [-0.2, -0.15) is 0 Å². The molecule has 5 rings (SSSR count). The van der Waals surface area contributed by atoms with Gasteiger partial charge < -0.3 is 114 Å². The number of carbonyl (C=O) groups is 1. The first-order valence-electron chi connectivity index (χ1n) is 19.9. The highest BCUT2D eigenvalue weighted by atomic mass is 16.8. The molecular formula is C36H63NO23. The summed E-state index contributed by atoms with van der Waals surface area (Å²) in [6, 6.07) is -1.55. The first-order valence-corrected chi connectivity index (χ1v) is 19.9. The van der Waals surface area contributed by atoms with Crippen LogP contribution in [0.25, 0.3) is 0 Å². The predicted molar refractivity (Wildman–Crippen MR) is 193 cm³/mol. The van der Waals surface area contributed by atoms with Crippen LogP contribution in [0.15, 0.2) is 0 Å². The van der Waals surface area contributed by atoms with E-state index in [2.05, 4.69) is 5.32 Å². The molecule has 0 saturated carbocycles. The van der Waals surface area contributed by atoms with Gasteiger partial charge in [0, 0.05) is 13.3 Å². The Bertz CT molecular complexity index is 1360. The molecule has 350 valence electrons. The Morgan fingerprint density at radius 1 is 0.550 bits per heavy atom. The maximum atomic E-state index is 12.9. The molecule has 5 heterocycles. The molecule has 24 nitrogen and oxygen atoms in total. The van der Waals surface area contributed by atoms with E-state index in [-0.39, 0.29) is 6.42 Å². The molecule has 0 spiro atoms. The fraction of sp³-hybridized carbons (Fsp3) is 0.972. The topological polar surface area (TPSA) is 364 Å². The fourth-order valence-corrected chi connectivity index (χ4v) is 7.74. The first-order chi connectivity index (χ1) is 28.1. The second-order valence-corrected chi connectivity index (χ2v) is 16.7. The van der Waals surface area contributed by atoms with Crippen LogP contribution in [0.4, 0.5) is 0 Å². The Morgan fingerprint density at radius 3 is 1.53 bits per heavy atom. The molecule has 0 aromatic heterocycles. The molecule has 0 aliphatic carbocycles. The normalized spacial score (nSPS) is 49.4. The van der Waals surface area contributed by atoms with Crippen molar-refractivity contribution >= 4 is 5.91 Å². The van der Waals surface area contributed by atoms with E-state index in [0.29, 0.717) is 0 Å². The van der Waals surface area contributed by atoms with Crippen molar-refractivity contribution in [3.05, 3.63) is 0 Å². The first kappa shape index (κ1) is 49.6. The van der Waals surface area contributed by atoms with Crippen molar-refractivity contribution < 1.29 is 113 Å². The molecule has 0 radical (unpaired) electrons. The van der Waals surface area contributed by atoms with Gasteiger partial charge in [-0.05, 0) is 34.6 Å². The Hall–Kier alpha value is -1.41. The molecule has 14 unspecified atom stereocenters. The SMILES string of the molecule is CC(=O)NC1[C@H](O[C@@H]2C[C@H](OC(C)(C)C)OC(CO)C2O)OC(CO)C(O[C@@H]2OC(CO)C(O)[C@H](O)C2OC2OC(C)[C@H](O)C(O)[C@@H]2O)[C@@H]1O[C@H]1OC(C)C(O)[C@@H](O)C1O. The molecular weight excluding hydrogens is 814 g/mol. The smallest absolute Gasteiger partial charge is 0.217 e. The van der Waals surface area contributed by atoms with Gasteiger partial charge in [-0.3, -0.25) is 4.79 Å². The van der Waals surface area contributed by atoms with Crippen molar-refractivity contribution in [2.75, 3.05) is 19.8 Å². The Balaban J connectivity index is 1.54. The van der Waals surface area contributed by atoms with Crippen molar-refractivity contribution in [1.29, 1.82) is 0 Å². The van der Waals surface area contributed by atoms with E-state index in [1.807, 2.05) is 0 Å². The predicted octanol–water partition coefficient (Wildman–Crippen LogP) is -6.87. The lowest BCUT2D eigenvalue weighted by molar-refractivity contribution is -0.396. The number of carbonyl (C=O) groups excluding carboxylic acids is 1. The molecule has 60 heavy (non-hydrogen) atoms. The highest BCUT2D eigenvalue weighted by Gasteiger charge is 2.57. The average molecular weight is 878 g/mol. The number of hydrogen-bond acceptors (Lipinski definition) is 23. The molecule has 0 aromatic rings. The maximum absolute atomic E-state index is 12.9. The molecule has 0 bridgehead atoms. The van der Waals surface area contributed by atoms with E-state index in [1.54, 1.807) is 20.8 Å². The van der Waals surface area contributed by atoms with Gasteiger partial charge in [-0.25, -0.2) is 0 Å². The van der Waals surface area contributed by atoms with Crippen LogP contribution in [-0.4, -0.2) is 240 Å². The van der Waals surface area contributed by atoms with E-state index in [9.17, 15) is 66.1 Å². The summed E-state index contributed by atoms with van der Waals surface area (Å²) in [5, 5.41) is 131. The fourth-order valence-electron chi connectivity index (χ4n) is 7.74. The third kappa shape index (κ3) is 11.1. The lowest BCUT2D eigenvalue weighted by Gasteiger charge is -2.51. The van der Waals surface area contributed by atoms with E-state index in [0.717, 1.165) is 6.92 Å². The summed E-state index contributed by atoms with van der Waals surface area (Å²) < 4.78 is 59.7. The van der Waals surface area contributed by atoms with Crippen LogP contribution in [0, 0.1) is 0 Å². The summed E-state index contributed by atoms with van der Waals surface area (Å²) in [6.07, 6.45) is -37.3. The largest absolute Gasteiger partial charge is 0.394 e. The second kappa shape index (κ2) is 20.6. The van der Waals surface area contributed by atoms with Crippen LogP contribution in [0.3, 0.4) is 0 Å². The standard InChI is InChI=1S/C36H63NO23/c1-11-20(42)24(46)27(49)33(51-11)58-30-19(37-13(3)41)32(54-14-7-18(60-36(4,5)6)53-15(8-38)22(14)44)56-17(10-40)29(30)57-35-31(26(48)23(45)16(9-39)55-35)59-34-28(50)25(47)21(43)12(2)52-34/h11-12,14-35,38-40,42-50H,7-10H2,1-6H3,(H,37,41)/t11?,12?,14-,15?,16?,17?,18+,19?,20?,21+,22?,23?,24-,25?,26+,27?,28+,29?,30-,31?,32-,33-,34?,35+/m1/s1. The minimum absolute atomic E-state index is 0.139. The molecule has 5 aliphatic rings. The number of rotatable bonds is 13. The number of ether oxygens (including phenoxy) is 10. The molecule has 1 amide bonds. The van der Waals surface area contributed by atoms with Gasteiger partial charge in [-0.1, -0.05) is 0 Å². The highest BCUT2D eigenvalue weighted by molar-refractivity contribution is 5.73. The van der Waals surface area contributed by atoms with Crippen LogP contribution < -0.4 is 5.32 Å². The molecule has 24 heteroatoms. The summed E-state index contributed by atoms with van der Waals surface area (Å²) >= 11 is 0. The van der Waals surface area contributed by atoms with Crippen LogP contribution in [0.2, 0.25) is 0 Å². The van der Waals surface area contributed by atoms with Gasteiger partial charge in [0.25, 0.3) is 0 Å². The van der Waals surface area contributed by atoms with Gasteiger partial charge in [0.2, 0.25) is 5.91 Å². The summed E-state index contributed by atoms with van der Waals surface area (Å²) in [4.78, 5) is 12.9. The Morgan fingerprint density at radius 2 is 1.03 bits per heavy atom. The zero-order valence-electron chi connectivity index (χ0n) is 34.0. The van der Waals surface area contributed by atoms with Gasteiger partial charge >= 0.3 is 0 Å². The van der Waals surface area contributed by atoms with Gasteiger partial charge in [-0.15, -0.1) is 0 Å². The minimum Gasteiger partial charge on any atom is -0.394 e.